The summed E-state index contributed by atoms with van der Waals surface area (Å²) in [6.45, 7) is 23.3. The number of hydrogen-bond donors (Lipinski definition) is 0. The van der Waals surface area contributed by atoms with Crippen LogP contribution in [-0.4, -0.2) is 147 Å². The van der Waals surface area contributed by atoms with Crippen molar-refractivity contribution in [2.45, 2.75) is 234 Å². The summed E-state index contributed by atoms with van der Waals surface area (Å²) in [7, 11) is 0. The molecule has 1 saturated heterocycles. The zero-order valence-corrected chi connectivity index (χ0v) is 44.0. The Hall–Kier alpha value is -1.75. The summed E-state index contributed by atoms with van der Waals surface area (Å²) in [5.74, 6) is 0.197. The second-order valence-electron chi connectivity index (χ2n) is 19.6. The average molecular weight is 921 g/mol. The predicted octanol–water partition coefficient (Wildman–Crippen LogP) is 12.3. The fourth-order valence-electron chi connectivity index (χ4n) is 8.98. The molecule has 2 amide bonds. The van der Waals surface area contributed by atoms with E-state index >= 15 is 0 Å². The van der Waals surface area contributed by atoms with E-state index in [1.54, 1.807) is 0 Å². The van der Waals surface area contributed by atoms with E-state index in [1.165, 1.54) is 154 Å². The van der Waals surface area contributed by atoms with Crippen molar-refractivity contribution in [3.63, 3.8) is 0 Å². The summed E-state index contributed by atoms with van der Waals surface area (Å²) in [6.07, 6.45) is 37.3. The van der Waals surface area contributed by atoms with Crippen LogP contribution in [0.5, 0.6) is 0 Å². The van der Waals surface area contributed by atoms with Crippen molar-refractivity contribution in [3.8, 4) is 0 Å². The van der Waals surface area contributed by atoms with E-state index < -0.39 is 0 Å². The quantitative estimate of drug-likeness (QED) is 0.0441. The highest BCUT2D eigenvalue weighted by Crippen LogP contribution is 2.14. The summed E-state index contributed by atoms with van der Waals surface area (Å²) in [6, 6.07) is 0. The van der Waals surface area contributed by atoms with E-state index in [1.807, 2.05) is 9.80 Å². The van der Waals surface area contributed by atoms with E-state index in [-0.39, 0.29) is 17.8 Å². The van der Waals surface area contributed by atoms with Crippen molar-refractivity contribution < 1.29 is 23.9 Å². The third-order valence-electron chi connectivity index (χ3n) is 13.4. The molecule has 65 heavy (non-hydrogen) atoms. The van der Waals surface area contributed by atoms with Gasteiger partial charge in [0, 0.05) is 58.9 Å². The van der Waals surface area contributed by atoms with Gasteiger partial charge in [0.1, 0.15) is 0 Å². The molecule has 1 aliphatic rings. The molecule has 1 rings (SSSR count). The Morgan fingerprint density at radius 2 is 0.662 bits per heavy atom. The second-order valence-corrected chi connectivity index (χ2v) is 19.6. The number of amides is 2. The maximum Gasteiger partial charge on any atom is 0.305 e. The first kappa shape index (κ1) is 61.3. The van der Waals surface area contributed by atoms with Gasteiger partial charge in [-0.1, -0.05) is 176 Å². The Balaban J connectivity index is 2.80. The van der Waals surface area contributed by atoms with Gasteiger partial charge in [-0.05, 0) is 84.1 Å². The standard InChI is InChI=1S/C55H109N5O5/c1-6-11-16-19-22-25-28-37-56(38-29-26-23-20-17-12-7-2)42-43-58(39-30-27-24-21-18-13-8-3)52-54(62)60-46-44-59(45-47-60)53(61)51-57(40-31-34-49-64-48-32-14-9-4)41-35-36-55(63)65-50-33-15-10-5/h6-52H2,1-5H3. The van der Waals surface area contributed by atoms with Crippen LogP contribution in [0.3, 0.4) is 0 Å². The van der Waals surface area contributed by atoms with Crippen LogP contribution < -0.4 is 0 Å². The lowest BCUT2D eigenvalue weighted by Crippen LogP contribution is -2.54. The minimum Gasteiger partial charge on any atom is -0.466 e. The van der Waals surface area contributed by atoms with Crippen LogP contribution in [0, 0.1) is 0 Å². The van der Waals surface area contributed by atoms with Gasteiger partial charge < -0.3 is 24.2 Å². The van der Waals surface area contributed by atoms with Crippen LogP contribution in [0.4, 0.5) is 0 Å². The van der Waals surface area contributed by atoms with Crippen LogP contribution in [0.15, 0.2) is 0 Å². The number of piperazine rings is 1. The molecule has 0 aromatic heterocycles. The van der Waals surface area contributed by atoms with Gasteiger partial charge in [-0.25, -0.2) is 0 Å². The summed E-state index contributed by atoms with van der Waals surface area (Å²) in [4.78, 5) is 51.5. The van der Waals surface area contributed by atoms with Gasteiger partial charge in [-0.3, -0.25) is 24.2 Å². The monoisotopic (exact) mass is 920 g/mol. The summed E-state index contributed by atoms with van der Waals surface area (Å²) < 4.78 is 11.3. The fraction of sp³-hybridized carbons (Fsp3) is 0.945. The van der Waals surface area contributed by atoms with Gasteiger partial charge in [0.15, 0.2) is 0 Å². The van der Waals surface area contributed by atoms with Crippen LogP contribution in [0.2, 0.25) is 0 Å². The minimum absolute atomic E-state index is 0.123. The molecule has 0 saturated carbocycles. The van der Waals surface area contributed by atoms with E-state index in [9.17, 15) is 14.4 Å². The maximum atomic E-state index is 14.0. The van der Waals surface area contributed by atoms with Gasteiger partial charge in [-0.2, -0.15) is 0 Å². The average Bonchev–Trinajstić information content (AvgIpc) is 3.31. The van der Waals surface area contributed by atoms with E-state index in [0.29, 0.717) is 65.3 Å². The van der Waals surface area contributed by atoms with E-state index in [2.05, 4.69) is 49.3 Å². The highest BCUT2D eigenvalue weighted by molar-refractivity contribution is 5.80. The van der Waals surface area contributed by atoms with Crippen molar-refractivity contribution in [3.05, 3.63) is 0 Å². The fourth-order valence-corrected chi connectivity index (χ4v) is 8.98. The number of nitrogens with zero attached hydrogens (tertiary/aromatic N) is 5. The largest absolute Gasteiger partial charge is 0.466 e. The van der Waals surface area contributed by atoms with Crippen LogP contribution in [0.25, 0.3) is 0 Å². The summed E-state index contributed by atoms with van der Waals surface area (Å²) in [5, 5.41) is 0. The van der Waals surface area contributed by atoms with E-state index in [4.69, 9.17) is 9.47 Å². The molecule has 0 spiro atoms. The number of esters is 1. The van der Waals surface area contributed by atoms with Crippen LogP contribution >= 0.6 is 0 Å². The molecule has 0 radical (unpaired) electrons. The zero-order chi connectivity index (χ0) is 47.3. The SMILES string of the molecule is CCCCCCCCCN(CCCCCCCCC)CCN(CCCCCCCCC)CC(=O)N1CCN(C(=O)CN(CCCCOCCCCC)CCCC(=O)OCCCCC)CC1. The predicted molar refractivity (Wildman–Crippen MR) is 276 cm³/mol. The van der Waals surface area contributed by atoms with Crippen molar-refractivity contribution in [2.24, 2.45) is 0 Å². The normalized spacial score (nSPS) is 13.2. The lowest BCUT2D eigenvalue weighted by atomic mass is 10.1. The van der Waals surface area contributed by atoms with Gasteiger partial charge in [0.05, 0.1) is 19.7 Å². The molecule has 1 heterocycles. The molecule has 10 nitrogen and oxygen atoms in total. The number of ether oxygens (including phenoxy) is 2. The second kappa shape index (κ2) is 46.0. The number of unbranched alkanes of at least 4 members (excludes halogenated alkanes) is 23. The topological polar surface area (TPSA) is 85.9 Å². The number of rotatable bonds is 48. The highest BCUT2D eigenvalue weighted by Gasteiger charge is 2.26. The Labute approximate surface area is 403 Å². The van der Waals surface area contributed by atoms with Crippen molar-refractivity contribution in [1.82, 2.24) is 24.5 Å². The van der Waals surface area contributed by atoms with Crippen LogP contribution in [-0.2, 0) is 23.9 Å². The first-order chi connectivity index (χ1) is 31.9. The Morgan fingerprint density at radius 1 is 0.354 bits per heavy atom. The number of hydrogen-bond acceptors (Lipinski definition) is 8. The Kier molecular flexibility index (Phi) is 43.4. The molecular weight excluding hydrogens is 811 g/mol. The number of carbonyl (C=O) groups is 3. The molecule has 0 unspecified atom stereocenters. The molecule has 0 atom stereocenters. The molecule has 384 valence electrons. The van der Waals surface area contributed by atoms with Crippen molar-refractivity contribution >= 4 is 17.8 Å². The third-order valence-corrected chi connectivity index (χ3v) is 13.4. The molecular formula is C55H109N5O5. The number of carbonyl (C=O) groups excluding carboxylic acids is 3. The van der Waals surface area contributed by atoms with Gasteiger partial charge in [0.25, 0.3) is 0 Å². The summed E-state index contributed by atoms with van der Waals surface area (Å²) in [5.41, 5.74) is 0. The molecule has 1 fully saturated rings. The van der Waals surface area contributed by atoms with Crippen molar-refractivity contribution in [1.29, 1.82) is 0 Å². The van der Waals surface area contributed by atoms with Gasteiger partial charge in [-0.15, -0.1) is 0 Å². The maximum absolute atomic E-state index is 14.0. The molecule has 0 N–H and O–H groups in total. The first-order valence-corrected chi connectivity index (χ1v) is 28.3. The molecule has 10 heteroatoms. The lowest BCUT2D eigenvalue weighted by molar-refractivity contribution is -0.144. The lowest BCUT2D eigenvalue weighted by Gasteiger charge is -2.37. The van der Waals surface area contributed by atoms with Crippen molar-refractivity contribution in [2.75, 3.05) is 105 Å². The van der Waals surface area contributed by atoms with Gasteiger partial charge >= 0.3 is 5.97 Å². The first-order valence-electron chi connectivity index (χ1n) is 28.3. The molecule has 0 bridgehead atoms. The highest BCUT2D eigenvalue weighted by atomic mass is 16.5. The Bertz CT molecular complexity index is 1050. The zero-order valence-electron chi connectivity index (χ0n) is 44.0. The smallest absolute Gasteiger partial charge is 0.305 e. The third kappa shape index (κ3) is 36.9. The van der Waals surface area contributed by atoms with Crippen LogP contribution in [0.1, 0.15) is 234 Å². The van der Waals surface area contributed by atoms with Gasteiger partial charge in [0.2, 0.25) is 11.8 Å². The summed E-state index contributed by atoms with van der Waals surface area (Å²) >= 11 is 0. The Morgan fingerprint density at radius 3 is 1.11 bits per heavy atom. The van der Waals surface area contributed by atoms with E-state index in [0.717, 1.165) is 84.3 Å². The molecule has 1 aliphatic heterocycles. The molecule has 0 aromatic rings. The molecule has 0 aliphatic carbocycles. The molecule has 0 aromatic carbocycles. The minimum atomic E-state index is -0.140.